The van der Waals surface area contributed by atoms with Crippen LogP contribution in [0.1, 0.15) is 20.7 Å². The summed E-state index contributed by atoms with van der Waals surface area (Å²) in [4.78, 5) is 25.4. The lowest BCUT2D eigenvalue weighted by atomic mass is 10.0. The third-order valence-corrected chi connectivity index (χ3v) is 4.30. The Morgan fingerprint density at radius 2 is 1.88 bits per heavy atom. The van der Waals surface area contributed by atoms with Gasteiger partial charge in [-0.2, -0.15) is 5.10 Å². The van der Waals surface area contributed by atoms with Gasteiger partial charge in [0.05, 0.1) is 11.1 Å². The van der Waals surface area contributed by atoms with Gasteiger partial charge in [-0.25, -0.2) is 0 Å². The van der Waals surface area contributed by atoms with Gasteiger partial charge in [-0.15, -0.1) is 0 Å². The van der Waals surface area contributed by atoms with E-state index in [9.17, 15) is 9.59 Å². The monoisotopic (exact) mass is 347 g/mol. The average Bonchev–Trinajstić information content (AvgIpc) is 3.07. The Morgan fingerprint density at radius 1 is 1.15 bits per heavy atom. The zero-order valence-electron chi connectivity index (χ0n) is 14.2. The lowest BCUT2D eigenvalue weighted by Gasteiger charge is -2.24. The Bertz CT molecular complexity index is 979. The molecular formula is C20H17N3O3. The fourth-order valence-corrected chi connectivity index (χ4v) is 3.04. The number of aryl methyl sites for hydroxylation is 1. The predicted octanol–water partition coefficient (Wildman–Crippen LogP) is 2.46. The number of aromatic nitrogens is 2. The number of amides is 1. The maximum absolute atomic E-state index is 12.8. The van der Waals surface area contributed by atoms with Crippen LogP contribution in [0.5, 0.6) is 5.75 Å². The van der Waals surface area contributed by atoms with Crippen LogP contribution in [0.15, 0.2) is 60.8 Å². The number of rotatable bonds is 3. The summed E-state index contributed by atoms with van der Waals surface area (Å²) in [6, 6.07) is 15.8. The molecule has 0 saturated carbocycles. The van der Waals surface area contributed by atoms with Crippen molar-refractivity contribution in [3.05, 3.63) is 71.9 Å². The number of ketones is 1. The molecule has 2 aromatic carbocycles. The van der Waals surface area contributed by atoms with Crippen LogP contribution in [0, 0.1) is 0 Å². The highest BCUT2D eigenvalue weighted by Crippen LogP contribution is 2.25. The topological polar surface area (TPSA) is 73.2 Å². The van der Waals surface area contributed by atoms with Crippen LogP contribution in [0.3, 0.4) is 0 Å². The molecule has 3 aromatic rings. The molecule has 0 saturated heterocycles. The van der Waals surface area contributed by atoms with E-state index in [1.165, 1.54) is 0 Å². The first-order valence-electron chi connectivity index (χ1n) is 8.29. The minimum absolute atomic E-state index is 0.114. The maximum atomic E-state index is 12.8. The fourth-order valence-electron chi connectivity index (χ4n) is 3.04. The summed E-state index contributed by atoms with van der Waals surface area (Å²) in [6.45, 7) is 0.114. The molecule has 130 valence electrons. The van der Waals surface area contributed by atoms with Crippen LogP contribution >= 0.6 is 0 Å². The zero-order chi connectivity index (χ0) is 18.1. The maximum Gasteiger partial charge on any atom is 0.255 e. The second-order valence-corrected chi connectivity index (χ2v) is 6.13. The van der Waals surface area contributed by atoms with E-state index in [2.05, 4.69) is 10.4 Å². The fraction of sp³-hybridized carbons (Fsp3) is 0.150. The van der Waals surface area contributed by atoms with Crippen molar-refractivity contribution in [1.82, 2.24) is 15.1 Å². The number of Topliss-reactive ketones (excluding diaryl/α,β-unsaturated/α-hetero) is 1. The van der Waals surface area contributed by atoms with E-state index < -0.39 is 6.04 Å². The molecule has 1 N–H and O–H groups in total. The molecule has 0 fully saturated rings. The number of hydrogen-bond donors (Lipinski definition) is 1. The molecule has 1 aliphatic rings. The van der Waals surface area contributed by atoms with Gasteiger partial charge in [-0.05, 0) is 12.1 Å². The number of fused-ring (bicyclic) bond motifs is 1. The summed E-state index contributed by atoms with van der Waals surface area (Å²) in [7, 11) is 1.76. The van der Waals surface area contributed by atoms with Gasteiger partial charge in [0.1, 0.15) is 24.1 Å². The Balaban J connectivity index is 1.60. The van der Waals surface area contributed by atoms with Gasteiger partial charge < -0.3 is 10.1 Å². The molecular weight excluding hydrogens is 330 g/mol. The highest BCUT2D eigenvalue weighted by molar-refractivity contribution is 6.07. The molecule has 4 rings (SSSR count). The highest BCUT2D eigenvalue weighted by Gasteiger charge is 2.31. The number of ether oxygens (including phenoxy) is 1. The van der Waals surface area contributed by atoms with E-state index in [-0.39, 0.29) is 18.3 Å². The lowest BCUT2D eigenvalue weighted by molar-refractivity contribution is 0.0795. The van der Waals surface area contributed by atoms with E-state index in [0.717, 1.165) is 5.56 Å². The van der Waals surface area contributed by atoms with Gasteiger partial charge in [0.15, 0.2) is 5.78 Å². The molecule has 0 bridgehead atoms. The van der Waals surface area contributed by atoms with Gasteiger partial charge in [-0.3, -0.25) is 14.3 Å². The van der Waals surface area contributed by atoms with Crippen molar-refractivity contribution >= 4 is 11.7 Å². The Labute approximate surface area is 150 Å². The summed E-state index contributed by atoms with van der Waals surface area (Å²) < 4.78 is 7.20. The standard InChI is InChI=1S/C20H17N3O3/c1-23-11-15(18(22-23)13-7-3-2-4-8-13)20(25)21-16-12-26-17-10-6-5-9-14(17)19(16)24/h2-11,16H,12H2,1H3,(H,21,25). The number of para-hydroxylation sites is 1. The van der Waals surface area contributed by atoms with Gasteiger partial charge in [0, 0.05) is 18.8 Å². The second kappa shape index (κ2) is 6.48. The van der Waals surface area contributed by atoms with E-state index in [1.807, 2.05) is 36.4 Å². The summed E-state index contributed by atoms with van der Waals surface area (Å²) in [5.41, 5.74) is 2.33. The molecule has 1 aliphatic heterocycles. The molecule has 1 aromatic heterocycles. The molecule has 0 radical (unpaired) electrons. The molecule has 1 atom stereocenters. The Morgan fingerprint density at radius 3 is 2.69 bits per heavy atom. The van der Waals surface area contributed by atoms with Crippen LogP contribution in [-0.4, -0.2) is 34.1 Å². The molecule has 1 amide bonds. The third kappa shape index (κ3) is 2.86. The first kappa shape index (κ1) is 16.1. The average molecular weight is 347 g/mol. The highest BCUT2D eigenvalue weighted by atomic mass is 16.5. The van der Waals surface area contributed by atoms with Crippen LogP contribution in [0.2, 0.25) is 0 Å². The summed E-state index contributed by atoms with van der Waals surface area (Å²) in [6.07, 6.45) is 1.65. The van der Waals surface area contributed by atoms with E-state index in [0.29, 0.717) is 22.6 Å². The molecule has 26 heavy (non-hydrogen) atoms. The number of hydrogen-bond acceptors (Lipinski definition) is 4. The Kier molecular flexibility index (Phi) is 4.01. The van der Waals surface area contributed by atoms with Crippen molar-refractivity contribution in [2.45, 2.75) is 6.04 Å². The second-order valence-electron chi connectivity index (χ2n) is 6.13. The molecule has 6 heteroatoms. The van der Waals surface area contributed by atoms with Gasteiger partial charge in [0.25, 0.3) is 5.91 Å². The molecule has 0 aliphatic carbocycles. The number of carbonyl (C=O) groups excluding carboxylic acids is 2. The summed E-state index contributed by atoms with van der Waals surface area (Å²) in [5, 5.41) is 7.17. The minimum Gasteiger partial charge on any atom is -0.490 e. The van der Waals surface area contributed by atoms with Crippen LogP contribution < -0.4 is 10.1 Å². The first-order valence-corrected chi connectivity index (χ1v) is 8.29. The largest absolute Gasteiger partial charge is 0.490 e. The minimum atomic E-state index is -0.721. The predicted molar refractivity (Wildman–Crippen MR) is 96.2 cm³/mol. The van der Waals surface area contributed by atoms with E-state index >= 15 is 0 Å². The lowest BCUT2D eigenvalue weighted by Crippen LogP contribution is -2.47. The van der Waals surface area contributed by atoms with Crippen LogP contribution in [0.4, 0.5) is 0 Å². The molecule has 2 heterocycles. The normalized spacial score (nSPS) is 15.9. The van der Waals surface area contributed by atoms with Gasteiger partial charge in [-0.1, -0.05) is 42.5 Å². The number of carbonyl (C=O) groups is 2. The van der Waals surface area contributed by atoms with Crippen molar-refractivity contribution in [1.29, 1.82) is 0 Å². The van der Waals surface area contributed by atoms with E-state index in [1.54, 1.807) is 36.1 Å². The van der Waals surface area contributed by atoms with E-state index in [4.69, 9.17) is 4.74 Å². The molecule has 0 spiro atoms. The Hall–Kier alpha value is -3.41. The van der Waals surface area contributed by atoms with Crippen LogP contribution in [0.25, 0.3) is 11.3 Å². The third-order valence-electron chi connectivity index (χ3n) is 4.30. The van der Waals surface area contributed by atoms with Gasteiger partial charge in [0.2, 0.25) is 0 Å². The summed E-state index contributed by atoms with van der Waals surface area (Å²) >= 11 is 0. The molecule has 1 unspecified atom stereocenters. The SMILES string of the molecule is Cn1cc(C(=O)NC2COc3ccccc3C2=O)c(-c2ccccc2)n1. The van der Waals surface area contributed by atoms with Crippen LogP contribution in [-0.2, 0) is 7.05 Å². The zero-order valence-corrected chi connectivity index (χ0v) is 14.2. The summed E-state index contributed by atoms with van der Waals surface area (Å²) in [5.74, 6) is 0.0537. The smallest absolute Gasteiger partial charge is 0.255 e. The van der Waals surface area contributed by atoms with Crippen molar-refractivity contribution in [3.63, 3.8) is 0 Å². The van der Waals surface area contributed by atoms with Gasteiger partial charge >= 0.3 is 0 Å². The van der Waals surface area contributed by atoms with Crippen molar-refractivity contribution in [2.75, 3.05) is 6.61 Å². The number of nitrogens with zero attached hydrogens (tertiary/aromatic N) is 2. The number of benzene rings is 2. The first-order chi connectivity index (χ1) is 12.6. The van der Waals surface area contributed by atoms with Crippen molar-refractivity contribution in [3.8, 4) is 17.0 Å². The quantitative estimate of drug-likeness (QED) is 0.790. The molecule has 6 nitrogen and oxygen atoms in total. The number of nitrogens with one attached hydrogen (secondary N) is 1. The van der Waals surface area contributed by atoms with Crippen molar-refractivity contribution in [2.24, 2.45) is 7.05 Å². The van der Waals surface area contributed by atoms with Crippen molar-refractivity contribution < 1.29 is 14.3 Å².